The van der Waals surface area contributed by atoms with Crippen molar-refractivity contribution in [2.24, 2.45) is 0 Å². The standard InChI is InChI=1S/C12H16N4O3S/c1-7-5-10(13-4)6-8(2)11(7)20(17,18)16-12-15-14-9(3)19-12/h5-6,13H,1-4H3,(H,15,16). The van der Waals surface area contributed by atoms with Crippen LogP contribution in [0.15, 0.2) is 21.4 Å². The molecule has 7 nitrogen and oxygen atoms in total. The summed E-state index contributed by atoms with van der Waals surface area (Å²) in [6, 6.07) is 3.39. The molecule has 0 aliphatic heterocycles. The van der Waals surface area contributed by atoms with Crippen LogP contribution >= 0.6 is 0 Å². The van der Waals surface area contributed by atoms with Crippen LogP contribution in [0.3, 0.4) is 0 Å². The van der Waals surface area contributed by atoms with E-state index in [4.69, 9.17) is 4.42 Å². The maximum absolute atomic E-state index is 12.4. The van der Waals surface area contributed by atoms with Crippen LogP contribution in [-0.2, 0) is 10.0 Å². The highest BCUT2D eigenvalue weighted by molar-refractivity contribution is 7.92. The molecule has 2 N–H and O–H groups in total. The Labute approximate surface area is 117 Å². The van der Waals surface area contributed by atoms with Crippen molar-refractivity contribution in [3.63, 3.8) is 0 Å². The van der Waals surface area contributed by atoms with Crippen molar-refractivity contribution in [2.45, 2.75) is 25.7 Å². The second-order valence-electron chi connectivity index (χ2n) is 4.42. The van der Waals surface area contributed by atoms with Crippen LogP contribution in [0.1, 0.15) is 17.0 Å². The molecule has 2 aromatic rings. The van der Waals surface area contributed by atoms with Gasteiger partial charge in [-0.2, -0.15) is 0 Å². The highest BCUT2D eigenvalue weighted by Crippen LogP contribution is 2.25. The van der Waals surface area contributed by atoms with E-state index in [1.54, 1.807) is 40.0 Å². The monoisotopic (exact) mass is 296 g/mol. The van der Waals surface area contributed by atoms with Gasteiger partial charge in [-0.3, -0.25) is 0 Å². The zero-order valence-corrected chi connectivity index (χ0v) is 12.5. The van der Waals surface area contributed by atoms with Crippen LogP contribution in [0, 0.1) is 20.8 Å². The maximum Gasteiger partial charge on any atom is 0.329 e. The summed E-state index contributed by atoms with van der Waals surface area (Å²) in [5.74, 6) is 0.293. The summed E-state index contributed by atoms with van der Waals surface area (Å²) in [6.45, 7) is 5.06. The van der Waals surface area contributed by atoms with E-state index in [0.717, 1.165) is 5.69 Å². The Hall–Kier alpha value is -2.09. The smallest absolute Gasteiger partial charge is 0.329 e. The molecule has 108 valence electrons. The first-order chi connectivity index (χ1) is 9.33. The largest absolute Gasteiger partial charge is 0.408 e. The molecule has 0 aliphatic rings. The number of aromatic nitrogens is 2. The number of hydrogen-bond donors (Lipinski definition) is 2. The molecule has 0 saturated carbocycles. The minimum atomic E-state index is -3.76. The van der Waals surface area contributed by atoms with Crippen molar-refractivity contribution < 1.29 is 12.8 Å². The van der Waals surface area contributed by atoms with Crippen molar-refractivity contribution in [3.05, 3.63) is 29.2 Å². The van der Waals surface area contributed by atoms with Gasteiger partial charge in [-0.25, -0.2) is 13.1 Å². The quantitative estimate of drug-likeness (QED) is 0.893. The molecule has 0 unspecified atom stereocenters. The van der Waals surface area contributed by atoms with Crippen molar-refractivity contribution in [3.8, 4) is 0 Å². The fourth-order valence-corrected chi connectivity index (χ4v) is 3.40. The Morgan fingerprint density at radius 1 is 1.10 bits per heavy atom. The Balaban J connectivity index is 2.44. The van der Waals surface area contributed by atoms with Crippen LogP contribution in [0.4, 0.5) is 11.7 Å². The Morgan fingerprint density at radius 2 is 1.70 bits per heavy atom. The van der Waals surface area contributed by atoms with Gasteiger partial charge in [0.05, 0.1) is 4.90 Å². The molecule has 0 bridgehead atoms. The van der Waals surface area contributed by atoms with Gasteiger partial charge in [-0.15, -0.1) is 5.10 Å². The fraction of sp³-hybridized carbons (Fsp3) is 0.333. The summed E-state index contributed by atoms with van der Waals surface area (Å²) in [7, 11) is -1.98. The normalized spacial score (nSPS) is 11.4. The third-order valence-electron chi connectivity index (χ3n) is 2.77. The zero-order valence-electron chi connectivity index (χ0n) is 11.7. The van der Waals surface area contributed by atoms with Crippen molar-refractivity contribution in [1.29, 1.82) is 0 Å². The lowest BCUT2D eigenvalue weighted by molar-refractivity contribution is 0.534. The Bertz CT molecular complexity index is 714. The lowest BCUT2D eigenvalue weighted by atomic mass is 10.1. The third kappa shape index (κ3) is 2.74. The first kappa shape index (κ1) is 14.3. The van der Waals surface area contributed by atoms with Gasteiger partial charge in [0.25, 0.3) is 10.0 Å². The van der Waals surface area contributed by atoms with Crippen LogP contribution in [0.2, 0.25) is 0 Å². The van der Waals surface area contributed by atoms with E-state index < -0.39 is 10.0 Å². The number of hydrogen-bond acceptors (Lipinski definition) is 6. The van der Waals surface area contributed by atoms with E-state index >= 15 is 0 Å². The van der Waals surface area contributed by atoms with Gasteiger partial charge in [-0.05, 0) is 37.1 Å². The minimum Gasteiger partial charge on any atom is -0.408 e. The number of anilines is 2. The molecule has 0 saturated heterocycles. The average molecular weight is 296 g/mol. The number of nitrogens with one attached hydrogen (secondary N) is 2. The summed E-state index contributed by atoms with van der Waals surface area (Å²) in [6.07, 6.45) is 0. The highest BCUT2D eigenvalue weighted by Gasteiger charge is 2.22. The van der Waals surface area contributed by atoms with Gasteiger partial charge in [0.1, 0.15) is 0 Å². The van der Waals surface area contributed by atoms with Crippen LogP contribution in [0.5, 0.6) is 0 Å². The zero-order chi connectivity index (χ0) is 14.9. The molecule has 0 spiro atoms. The molecular weight excluding hydrogens is 280 g/mol. The fourth-order valence-electron chi connectivity index (χ4n) is 2.02. The molecule has 0 amide bonds. The van der Waals surface area contributed by atoms with E-state index in [0.29, 0.717) is 17.0 Å². The third-order valence-corrected chi connectivity index (χ3v) is 4.39. The lowest BCUT2D eigenvalue weighted by Crippen LogP contribution is -2.16. The van der Waals surface area contributed by atoms with Crippen LogP contribution < -0.4 is 10.0 Å². The molecule has 0 fully saturated rings. The van der Waals surface area contributed by atoms with Crippen LogP contribution in [0.25, 0.3) is 0 Å². The van der Waals surface area contributed by atoms with Gasteiger partial charge in [-0.1, -0.05) is 5.10 Å². The van der Waals surface area contributed by atoms with Crippen molar-refractivity contribution in [2.75, 3.05) is 17.1 Å². The summed E-state index contributed by atoms with van der Waals surface area (Å²) in [5.41, 5.74) is 2.13. The summed E-state index contributed by atoms with van der Waals surface area (Å²) in [4.78, 5) is 0.215. The van der Waals surface area contributed by atoms with Gasteiger partial charge in [0, 0.05) is 19.7 Å². The molecule has 2 rings (SSSR count). The number of nitrogens with zero attached hydrogens (tertiary/aromatic N) is 2. The van der Waals surface area contributed by atoms with Gasteiger partial charge in [0.15, 0.2) is 0 Å². The first-order valence-corrected chi connectivity index (χ1v) is 7.43. The molecule has 0 atom stereocenters. The summed E-state index contributed by atoms with van der Waals surface area (Å²) < 4.78 is 32.1. The summed E-state index contributed by atoms with van der Waals surface area (Å²) >= 11 is 0. The second-order valence-corrected chi connectivity index (χ2v) is 6.04. The lowest BCUT2D eigenvalue weighted by Gasteiger charge is -2.12. The number of rotatable bonds is 4. The SMILES string of the molecule is CNc1cc(C)c(S(=O)(=O)Nc2nnc(C)o2)c(C)c1. The number of benzene rings is 1. The maximum atomic E-state index is 12.4. The molecular formula is C12H16N4O3S. The second kappa shape index (κ2) is 5.12. The van der Waals surface area contributed by atoms with Crippen molar-refractivity contribution in [1.82, 2.24) is 10.2 Å². The van der Waals surface area contributed by atoms with E-state index in [2.05, 4.69) is 20.2 Å². The van der Waals surface area contributed by atoms with E-state index in [1.165, 1.54) is 0 Å². The highest BCUT2D eigenvalue weighted by atomic mass is 32.2. The topological polar surface area (TPSA) is 97.1 Å². The average Bonchev–Trinajstić information content (AvgIpc) is 2.72. The predicted octanol–water partition coefficient (Wildman–Crippen LogP) is 1.84. The molecule has 1 aromatic heterocycles. The van der Waals surface area contributed by atoms with Gasteiger partial charge < -0.3 is 9.73 Å². The summed E-state index contributed by atoms with van der Waals surface area (Å²) in [5, 5.41) is 10.2. The van der Waals surface area contributed by atoms with Gasteiger partial charge >= 0.3 is 6.01 Å². The van der Waals surface area contributed by atoms with E-state index in [1.807, 2.05) is 0 Å². The van der Waals surface area contributed by atoms with E-state index in [9.17, 15) is 8.42 Å². The number of aryl methyl sites for hydroxylation is 3. The minimum absolute atomic E-state index is 0.140. The molecule has 0 aliphatic carbocycles. The Morgan fingerprint density at radius 3 is 2.15 bits per heavy atom. The Kier molecular flexibility index (Phi) is 3.67. The molecule has 0 radical (unpaired) electrons. The van der Waals surface area contributed by atoms with Crippen molar-refractivity contribution >= 4 is 21.7 Å². The molecule has 1 aromatic carbocycles. The predicted molar refractivity (Wildman–Crippen MR) is 75.3 cm³/mol. The van der Waals surface area contributed by atoms with E-state index in [-0.39, 0.29) is 10.9 Å². The molecule has 1 heterocycles. The number of sulfonamides is 1. The molecule has 20 heavy (non-hydrogen) atoms. The van der Waals surface area contributed by atoms with Crippen LogP contribution in [-0.4, -0.2) is 25.7 Å². The molecule has 8 heteroatoms. The van der Waals surface area contributed by atoms with Gasteiger partial charge in [0.2, 0.25) is 5.89 Å². The first-order valence-electron chi connectivity index (χ1n) is 5.95.